The molecule has 0 aromatic carbocycles. The van der Waals surface area contributed by atoms with Gasteiger partial charge >= 0.3 is 0 Å². The Balaban J connectivity index is 1.97. The second kappa shape index (κ2) is 5.26. The molecule has 0 radical (unpaired) electrons. The molecule has 18 heavy (non-hydrogen) atoms. The normalized spacial score (nSPS) is 19.0. The monoisotopic (exact) mass is 252 g/mol. The van der Waals surface area contributed by atoms with Gasteiger partial charge in [0.15, 0.2) is 0 Å². The molecule has 1 saturated heterocycles. The summed E-state index contributed by atoms with van der Waals surface area (Å²) in [6, 6.07) is 0.0344. The van der Waals surface area contributed by atoms with Crippen molar-refractivity contribution >= 4 is 5.95 Å². The van der Waals surface area contributed by atoms with Crippen LogP contribution in [0.1, 0.15) is 45.9 Å². The summed E-state index contributed by atoms with van der Waals surface area (Å²) in [6.07, 6.45) is 4.37. The fourth-order valence-corrected chi connectivity index (χ4v) is 2.05. The van der Waals surface area contributed by atoms with Gasteiger partial charge in [-0.2, -0.15) is 4.98 Å². The second-order valence-electron chi connectivity index (χ2n) is 6.21. The van der Waals surface area contributed by atoms with Gasteiger partial charge in [0.1, 0.15) is 0 Å². The molecule has 1 aliphatic heterocycles. The molecular formula is C13H24N4O. The maximum absolute atomic E-state index is 6.13. The third kappa shape index (κ3) is 3.22. The van der Waals surface area contributed by atoms with E-state index in [1.54, 1.807) is 0 Å². The predicted octanol–water partition coefficient (Wildman–Crippen LogP) is 1.98. The van der Waals surface area contributed by atoms with Crippen LogP contribution in [0.5, 0.6) is 0 Å². The third-order valence-corrected chi connectivity index (χ3v) is 3.60. The molecule has 1 aliphatic rings. The van der Waals surface area contributed by atoms with Crippen LogP contribution in [-0.2, 0) is 6.42 Å². The van der Waals surface area contributed by atoms with Crippen LogP contribution in [0.25, 0.3) is 0 Å². The Morgan fingerprint density at radius 3 is 2.56 bits per heavy atom. The Bertz CT molecular complexity index is 377. The molecule has 0 aliphatic carbocycles. The number of nitrogens with two attached hydrogens (primary N) is 1. The molecule has 1 unspecified atom stereocenters. The molecule has 2 N–H and O–H groups in total. The van der Waals surface area contributed by atoms with E-state index in [-0.39, 0.29) is 11.5 Å². The van der Waals surface area contributed by atoms with Crippen LogP contribution in [0.15, 0.2) is 4.52 Å². The summed E-state index contributed by atoms with van der Waals surface area (Å²) < 4.78 is 5.30. The average Bonchev–Trinajstić information content (AvgIpc) is 2.77. The fraction of sp³-hybridized carbons (Fsp3) is 0.846. The van der Waals surface area contributed by atoms with Crippen molar-refractivity contribution in [2.75, 3.05) is 18.0 Å². The van der Waals surface area contributed by atoms with Crippen LogP contribution < -0.4 is 10.6 Å². The molecule has 0 amide bonds. The van der Waals surface area contributed by atoms with E-state index in [9.17, 15) is 0 Å². The minimum Gasteiger partial charge on any atom is -0.338 e. The standard InChI is InChI=1S/C13H24N4O/c1-13(2,3)10(14)9-11-15-12(16-18-11)17-7-5-4-6-8-17/h10H,4-9,14H2,1-3H3. The van der Waals surface area contributed by atoms with E-state index < -0.39 is 0 Å². The van der Waals surface area contributed by atoms with Crippen molar-refractivity contribution in [2.24, 2.45) is 11.1 Å². The van der Waals surface area contributed by atoms with Crippen LogP contribution in [0.3, 0.4) is 0 Å². The van der Waals surface area contributed by atoms with E-state index >= 15 is 0 Å². The summed E-state index contributed by atoms with van der Waals surface area (Å²) in [5, 5.41) is 4.06. The highest BCUT2D eigenvalue weighted by Gasteiger charge is 2.24. The number of aromatic nitrogens is 2. The Morgan fingerprint density at radius 1 is 1.28 bits per heavy atom. The van der Waals surface area contributed by atoms with Crippen molar-refractivity contribution in [1.82, 2.24) is 10.1 Å². The van der Waals surface area contributed by atoms with E-state index in [1.807, 2.05) is 0 Å². The first kappa shape index (κ1) is 13.3. The van der Waals surface area contributed by atoms with Crippen LogP contribution in [0, 0.1) is 5.41 Å². The van der Waals surface area contributed by atoms with E-state index in [1.165, 1.54) is 19.3 Å². The Hall–Kier alpha value is -1.10. The molecule has 5 nitrogen and oxygen atoms in total. The van der Waals surface area contributed by atoms with Gasteiger partial charge in [-0.1, -0.05) is 20.8 Å². The van der Waals surface area contributed by atoms with E-state index in [0.717, 1.165) is 19.0 Å². The molecule has 0 bridgehead atoms. The molecule has 1 aromatic rings. The van der Waals surface area contributed by atoms with Crippen LogP contribution in [0.2, 0.25) is 0 Å². The lowest BCUT2D eigenvalue weighted by Gasteiger charge is -2.25. The predicted molar refractivity (Wildman–Crippen MR) is 71.5 cm³/mol. The zero-order chi connectivity index (χ0) is 13.2. The largest absolute Gasteiger partial charge is 0.338 e. The SMILES string of the molecule is CC(C)(C)C(N)Cc1nc(N2CCCCC2)no1. The van der Waals surface area contributed by atoms with Crippen molar-refractivity contribution < 1.29 is 4.52 Å². The van der Waals surface area contributed by atoms with E-state index in [0.29, 0.717) is 12.3 Å². The highest BCUT2D eigenvalue weighted by Crippen LogP contribution is 2.21. The van der Waals surface area contributed by atoms with Gasteiger partial charge in [-0.15, -0.1) is 0 Å². The molecule has 2 heterocycles. The molecule has 1 fully saturated rings. The first-order chi connectivity index (χ1) is 8.47. The zero-order valence-corrected chi connectivity index (χ0v) is 11.6. The van der Waals surface area contributed by atoms with E-state index in [4.69, 9.17) is 10.3 Å². The summed E-state index contributed by atoms with van der Waals surface area (Å²) in [6.45, 7) is 8.44. The highest BCUT2D eigenvalue weighted by atomic mass is 16.5. The van der Waals surface area contributed by atoms with Gasteiger partial charge in [-0.25, -0.2) is 0 Å². The smallest absolute Gasteiger partial charge is 0.266 e. The highest BCUT2D eigenvalue weighted by molar-refractivity contribution is 5.28. The van der Waals surface area contributed by atoms with Crippen LogP contribution in [0.4, 0.5) is 5.95 Å². The topological polar surface area (TPSA) is 68.2 Å². The van der Waals surface area contributed by atoms with Gasteiger partial charge in [0, 0.05) is 25.6 Å². The summed E-state index contributed by atoms with van der Waals surface area (Å²) in [5.74, 6) is 1.38. The summed E-state index contributed by atoms with van der Waals surface area (Å²) in [4.78, 5) is 6.65. The number of piperidine rings is 1. The lowest BCUT2D eigenvalue weighted by atomic mass is 9.85. The van der Waals surface area contributed by atoms with Crippen molar-refractivity contribution in [1.29, 1.82) is 0 Å². The summed E-state index contributed by atoms with van der Waals surface area (Å²) in [7, 11) is 0. The fourth-order valence-electron chi connectivity index (χ4n) is 2.05. The van der Waals surface area contributed by atoms with Crippen molar-refractivity contribution in [3.63, 3.8) is 0 Å². The first-order valence-electron chi connectivity index (χ1n) is 6.80. The molecule has 2 rings (SSSR count). The molecule has 1 aromatic heterocycles. The van der Waals surface area contributed by atoms with Gasteiger partial charge in [0.25, 0.3) is 5.95 Å². The molecule has 5 heteroatoms. The van der Waals surface area contributed by atoms with Crippen LogP contribution in [-0.4, -0.2) is 29.3 Å². The van der Waals surface area contributed by atoms with Gasteiger partial charge < -0.3 is 15.2 Å². The van der Waals surface area contributed by atoms with E-state index in [2.05, 4.69) is 35.8 Å². The van der Waals surface area contributed by atoms with Crippen molar-refractivity contribution in [2.45, 2.75) is 52.5 Å². The number of hydrogen-bond donors (Lipinski definition) is 1. The van der Waals surface area contributed by atoms with Gasteiger partial charge in [-0.05, 0) is 29.8 Å². The molecule has 0 spiro atoms. The maximum Gasteiger partial charge on any atom is 0.266 e. The number of hydrogen-bond acceptors (Lipinski definition) is 5. The number of anilines is 1. The Kier molecular flexibility index (Phi) is 3.90. The zero-order valence-electron chi connectivity index (χ0n) is 11.6. The van der Waals surface area contributed by atoms with Crippen molar-refractivity contribution in [3.8, 4) is 0 Å². The van der Waals surface area contributed by atoms with Gasteiger partial charge in [-0.3, -0.25) is 0 Å². The van der Waals surface area contributed by atoms with Gasteiger partial charge in [0.2, 0.25) is 5.89 Å². The molecular weight excluding hydrogens is 228 g/mol. The van der Waals surface area contributed by atoms with Crippen LogP contribution >= 0.6 is 0 Å². The number of rotatable bonds is 3. The minimum absolute atomic E-state index is 0.0344. The second-order valence-corrected chi connectivity index (χ2v) is 6.21. The average molecular weight is 252 g/mol. The number of nitrogens with zero attached hydrogens (tertiary/aromatic N) is 3. The van der Waals surface area contributed by atoms with Crippen molar-refractivity contribution in [3.05, 3.63) is 5.89 Å². The van der Waals surface area contributed by atoms with Gasteiger partial charge in [0.05, 0.1) is 0 Å². The third-order valence-electron chi connectivity index (χ3n) is 3.60. The first-order valence-corrected chi connectivity index (χ1v) is 6.80. The molecule has 102 valence electrons. The lowest BCUT2D eigenvalue weighted by Crippen LogP contribution is -2.37. The Labute approximate surface area is 109 Å². The minimum atomic E-state index is 0.0344. The Morgan fingerprint density at radius 2 is 1.94 bits per heavy atom. The quantitative estimate of drug-likeness (QED) is 0.890. The summed E-state index contributed by atoms with van der Waals surface area (Å²) >= 11 is 0. The maximum atomic E-state index is 6.13. The lowest BCUT2D eigenvalue weighted by molar-refractivity contribution is 0.286. The summed E-state index contributed by atoms with van der Waals surface area (Å²) in [5.41, 5.74) is 6.18. The molecule has 0 saturated carbocycles. The molecule has 1 atom stereocenters.